The van der Waals surface area contributed by atoms with Crippen LogP contribution in [0.3, 0.4) is 0 Å². The quantitative estimate of drug-likeness (QED) is 0.150. The smallest absolute Gasteiger partial charge is 0.159 e. The largest absolute Gasteiger partial charge is 0.464 e. The number of anilines is 6. The number of nitrogens with zero attached hydrogens (tertiary/aromatic N) is 2. The van der Waals surface area contributed by atoms with Crippen LogP contribution >= 0.6 is 0 Å². The molecule has 0 aliphatic rings. The molecule has 0 aliphatic heterocycles. The molecule has 370 valence electrons. The Morgan fingerprint density at radius 3 is 1.15 bits per heavy atom. The highest BCUT2D eigenvalue weighted by atomic mass is 16.3. The summed E-state index contributed by atoms with van der Waals surface area (Å²) in [6.45, 7) is 0. The van der Waals surface area contributed by atoms with Gasteiger partial charge < -0.3 is 31.9 Å². The van der Waals surface area contributed by atoms with E-state index in [2.05, 4.69) is 204 Å². The number of furan rings is 5. The molecule has 12 aromatic carbocycles. The minimum Gasteiger partial charge on any atom is -0.464 e. The molecule has 7 nitrogen and oxygen atoms in total. The minimum absolute atomic E-state index is 0.801. The van der Waals surface area contributed by atoms with Gasteiger partial charge in [0.05, 0.1) is 35.3 Å². The molecule has 0 N–H and O–H groups in total. The van der Waals surface area contributed by atoms with Gasteiger partial charge in [-0.2, -0.15) is 0 Å². The Balaban J connectivity index is 0.842. The number of hydrogen-bond acceptors (Lipinski definition) is 7. The fraction of sp³-hybridized carbons (Fsp3) is 0. The van der Waals surface area contributed by atoms with E-state index in [1.807, 2.05) is 48.5 Å². The number of hydrogen-bond donors (Lipinski definition) is 0. The SMILES string of the molecule is c1ccc(-c2c(N(c3ccc4cc5c(cc4c3)oc3cc4cc(N(c6ccc7ccoc7c6-c6ccccc6)c6cccc7c6oc6ccccc67)ccc4cc35)c3cccc4c3oc3ccccc34)ccc3ccoc23)cc1. The Hall–Kier alpha value is -10.8. The van der Waals surface area contributed by atoms with Crippen LogP contribution in [-0.4, -0.2) is 0 Å². The highest BCUT2D eigenvalue weighted by molar-refractivity contribution is 6.17. The van der Waals surface area contributed by atoms with E-state index in [-0.39, 0.29) is 0 Å². The van der Waals surface area contributed by atoms with E-state index in [1.165, 1.54) is 0 Å². The third kappa shape index (κ3) is 6.66. The van der Waals surface area contributed by atoms with Crippen molar-refractivity contribution >= 4 is 143 Å². The van der Waals surface area contributed by atoms with Gasteiger partial charge in [0.15, 0.2) is 11.2 Å². The van der Waals surface area contributed by atoms with E-state index in [1.54, 1.807) is 12.5 Å². The van der Waals surface area contributed by atoms with Crippen LogP contribution in [0.25, 0.3) is 132 Å². The molecule has 0 saturated heterocycles. The highest BCUT2D eigenvalue weighted by Gasteiger charge is 2.27. The van der Waals surface area contributed by atoms with Crippen LogP contribution in [-0.2, 0) is 0 Å². The topological polar surface area (TPSA) is 72.2 Å². The van der Waals surface area contributed by atoms with Gasteiger partial charge in [0.2, 0.25) is 0 Å². The second kappa shape index (κ2) is 16.9. The van der Waals surface area contributed by atoms with Gasteiger partial charge in [0.25, 0.3) is 0 Å². The van der Waals surface area contributed by atoms with Crippen molar-refractivity contribution in [3.8, 4) is 22.3 Å². The van der Waals surface area contributed by atoms with Crippen LogP contribution in [0.1, 0.15) is 0 Å². The summed E-state index contributed by atoms with van der Waals surface area (Å²) in [6.07, 6.45) is 3.54. The molecule has 17 rings (SSSR count). The van der Waals surface area contributed by atoms with E-state index in [0.717, 1.165) is 166 Å². The van der Waals surface area contributed by atoms with E-state index >= 15 is 0 Å². The lowest BCUT2D eigenvalue weighted by molar-refractivity contribution is 0.616. The van der Waals surface area contributed by atoms with Crippen LogP contribution < -0.4 is 9.80 Å². The summed E-state index contributed by atoms with van der Waals surface area (Å²) in [5.74, 6) is 0. The predicted molar refractivity (Wildman–Crippen MR) is 323 cm³/mol. The molecule has 0 amide bonds. The maximum absolute atomic E-state index is 6.94. The second-order valence-electron chi connectivity index (χ2n) is 20.4. The molecule has 5 aromatic heterocycles. The van der Waals surface area contributed by atoms with Crippen molar-refractivity contribution in [3.63, 3.8) is 0 Å². The van der Waals surface area contributed by atoms with Crippen molar-refractivity contribution in [3.05, 3.63) is 255 Å². The fourth-order valence-corrected chi connectivity index (χ4v) is 12.3. The molecule has 5 heterocycles. The van der Waals surface area contributed by atoms with Gasteiger partial charge >= 0.3 is 0 Å². The third-order valence-electron chi connectivity index (χ3n) is 15.9. The molecule has 0 saturated carbocycles. The summed E-state index contributed by atoms with van der Waals surface area (Å²) in [4.78, 5) is 4.63. The van der Waals surface area contributed by atoms with E-state index in [4.69, 9.17) is 22.1 Å². The average molecular weight is 1020 g/mol. The molecule has 0 fully saturated rings. The Bertz CT molecular complexity index is 4960. The van der Waals surface area contributed by atoms with Gasteiger partial charge in [-0.05, 0) is 142 Å². The molecule has 0 radical (unpaired) electrons. The molecule has 0 aliphatic carbocycles. The summed E-state index contributed by atoms with van der Waals surface area (Å²) in [6, 6.07) is 85.3. The lowest BCUT2D eigenvalue weighted by atomic mass is 9.98. The van der Waals surface area contributed by atoms with E-state index in [0.29, 0.717) is 0 Å². The summed E-state index contributed by atoms with van der Waals surface area (Å²) in [5.41, 5.74) is 16.3. The zero-order valence-electron chi connectivity index (χ0n) is 42.2. The standard InChI is InChI=1S/C72H42N2O5/c1-3-13-43(14-4-1)67-59(31-27-45-33-35-75-69(45)67)73(61-21-11-19-55-53-17-7-9-23-63(53)78-71(55)61)51-29-25-47-39-57-58-40-48-26-30-52(38-50(48)42-66(58)77-65(57)41-49(47)37-51)74(62-22-12-20-56-54-18-8-10-24-64(54)79-72(56)62)60-32-28-46-34-36-76-70(46)68(60)44-15-5-2-6-16-44/h1-42H. The summed E-state index contributed by atoms with van der Waals surface area (Å²) < 4.78 is 33.1. The number of fused-ring (bicyclic) bond motifs is 13. The maximum Gasteiger partial charge on any atom is 0.159 e. The fourth-order valence-electron chi connectivity index (χ4n) is 12.3. The van der Waals surface area contributed by atoms with Crippen molar-refractivity contribution in [2.75, 3.05) is 9.80 Å². The molecule has 0 spiro atoms. The Morgan fingerprint density at radius 2 is 0.671 bits per heavy atom. The van der Waals surface area contributed by atoms with Gasteiger partial charge in [0, 0.05) is 65.6 Å². The first kappa shape index (κ1) is 43.5. The zero-order valence-corrected chi connectivity index (χ0v) is 42.2. The van der Waals surface area contributed by atoms with Crippen LogP contribution in [0, 0.1) is 0 Å². The minimum atomic E-state index is 0.801. The highest BCUT2D eigenvalue weighted by Crippen LogP contribution is 2.51. The molecular weight excluding hydrogens is 973 g/mol. The number of para-hydroxylation sites is 4. The van der Waals surface area contributed by atoms with Gasteiger partial charge in [-0.1, -0.05) is 133 Å². The number of rotatable bonds is 8. The summed E-state index contributed by atoms with van der Waals surface area (Å²) >= 11 is 0. The molecule has 17 aromatic rings. The van der Waals surface area contributed by atoms with Crippen molar-refractivity contribution in [1.29, 1.82) is 0 Å². The third-order valence-corrected chi connectivity index (χ3v) is 15.9. The molecule has 0 bridgehead atoms. The number of benzene rings is 12. The van der Waals surface area contributed by atoms with Crippen molar-refractivity contribution in [1.82, 2.24) is 0 Å². The molecule has 79 heavy (non-hydrogen) atoms. The van der Waals surface area contributed by atoms with Gasteiger partial charge in [0.1, 0.15) is 33.5 Å². The molecular formula is C72H42N2O5. The van der Waals surface area contributed by atoms with Crippen molar-refractivity contribution < 1.29 is 22.1 Å². The Kier molecular flexibility index (Phi) is 9.28. The second-order valence-corrected chi connectivity index (χ2v) is 20.4. The lowest BCUT2D eigenvalue weighted by Crippen LogP contribution is -2.11. The van der Waals surface area contributed by atoms with E-state index < -0.39 is 0 Å². The summed E-state index contributed by atoms with van der Waals surface area (Å²) in [5, 5.41) is 12.7. The first-order valence-corrected chi connectivity index (χ1v) is 26.5. The van der Waals surface area contributed by atoms with Gasteiger partial charge in [-0.3, -0.25) is 0 Å². The van der Waals surface area contributed by atoms with E-state index in [9.17, 15) is 0 Å². The maximum atomic E-state index is 6.94. The first-order chi connectivity index (χ1) is 39.1. The summed E-state index contributed by atoms with van der Waals surface area (Å²) in [7, 11) is 0. The van der Waals surface area contributed by atoms with Crippen LogP contribution in [0.15, 0.2) is 277 Å². The predicted octanol–water partition coefficient (Wildman–Crippen LogP) is 21.5. The van der Waals surface area contributed by atoms with Crippen LogP contribution in [0.5, 0.6) is 0 Å². The van der Waals surface area contributed by atoms with Crippen LogP contribution in [0.2, 0.25) is 0 Å². The molecule has 7 heteroatoms. The van der Waals surface area contributed by atoms with Crippen molar-refractivity contribution in [2.24, 2.45) is 0 Å². The lowest BCUT2D eigenvalue weighted by Gasteiger charge is -2.28. The monoisotopic (exact) mass is 1010 g/mol. The first-order valence-electron chi connectivity index (χ1n) is 26.5. The normalized spacial score (nSPS) is 12.1. The molecule has 0 atom stereocenters. The average Bonchev–Trinajstić information content (AvgIpc) is 4.58. The van der Waals surface area contributed by atoms with Gasteiger partial charge in [-0.25, -0.2) is 0 Å². The Morgan fingerprint density at radius 1 is 0.241 bits per heavy atom. The van der Waals surface area contributed by atoms with Crippen molar-refractivity contribution in [2.45, 2.75) is 0 Å². The van der Waals surface area contributed by atoms with Crippen LogP contribution in [0.4, 0.5) is 34.1 Å². The van der Waals surface area contributed by atoms with Gasteiger partial charge in [-0.15, -0.1) is 0 Å². The Labute approximate surface area is 450 Å². The zero-order chi connectivity index (χ0) is 51.7. The molecule has 0 unspecified atom stereocenters.